The lowest BCUT2D eigenvalue weighted by atomic mass is 10.0. The molecule has 0 radical (unpaired) electrons. The number of ketones is 1. The number of nitrogens with two attached hydrogens (primary N) is 1. The number of hydrogen-bond donors (Lipinski definition) is 2. The lowest BCUT2D eigenvalue weighted by molar-refractivity contribution is -0.141. The number of halogens is 1. The van der Waals surface area contributed by atoms with E-state index in [-0.39, 0.29) is 42.9 Å². The predicted molar refractivity (Wildman–Crippen MR) is 157 cm³/mol. The molecule has 1 heterocycles. The number of benzene rings is 3. The zero-order valence-electron chi connectivity index (χ0n) is 22.3. The second kappa shape index (κ2) is 13.4. The molecule has 0 unspecified atom stereocenters. The standard InChI is InChI=1S/C30H30N4O5.ClH/c1-3-38-28(36)19-34(22-7-5-4-6-8-22)30(37)39-23-14-15-24-25(18-33(2)26(24)17-23)27(35)16-11-20-9-12-21(13-10-20)29(31)32;/h4-10,12-15,17-18H,3,11,16,19H2,1-2H3,(H3,31,32);1H. The molecule has 0 spiro atoms. The van der Waals surface area contributed by atoms with Gasteiger partial charge in [0, 0.05) is 47.9 Å². The number of fused-ring (bicyclic) bond motifs is 1. The molecule has 208 valence electrons. The Bertz CT molecular complexity index is 1520. The molecule has 10 heteroatoms. The van der Waals surface area contributed by atoms with Crippen molar-refractivity contribution in [2.24, 2.45) is 12.8 Å². The summed E-state index contributed by atoms with van der Waals surface area (Å²) in [5, 5.41) is 8.25. The molecule has 4 aromatic rings. The van der Waals surface area contributed by atoms with Gasteiger partial charge in [-0.15, -0.1) is 12.4 Å². The third kappa shape index (κ3) is 7.06. The summed E-state index contributed by atoms with van der Waals surface area (Å²) in [4.78, 5) is 39.5. The highest BCUT2D eigenvalue weighted by Crippen LogP contribution is 2.27. The van der Waals surface area contributed by atoms with Crippen LogP contribution in [0.25, 0.3) is 10.9 Å². The molecular weight excluding hydrogens is 532 g/mol. The smallest absolute Gasteiger partial charge is 0.420 e. The Morgan fingerprint density at radius 2 is 1.70 bits per heavy atom. The molecule has 0 atom stereocenters. The van der Waals surface area contributed by atoms with Crippen LogP contribution in [0, 0.1) is 5.41 Å². The first-order chi connectivity index (χ1) is 18.8. The van der Waals surface area contributed by atoms with E-state index in [4.69, 9.17) is 20.6 Å². The molecule has 1 amide bonds. The Morgan fingerprint density at radius 1 is 1.00 bits per heavy atom. The molecule has 40 heavy (non-hydrogen) atoms. The SMILES string of the molecule is CCOC(=O)CN(C(=O)Oc1ccc2c(C(=O)CCc3ccc(C(=N)N)cc3)cn(C)c2c1)c1ccccc1.Cl. The predicted octanol–water partition coefficient (Wildman–Crippen LogP) is 5.27. The zero-order valence-corrected chi connectivity index (χ0v) is 23.1. The summed E-state index contributed by atoms with van der Waals surface area (Å²) < 4.78 is 12.5. The Kier molecular flexibility index (Phi) is 10.1. The van der Waals surface area contributed by atoms with Gasteiger partial charge in [0.15, 0.2) is 5.78 Å². The zero-order chi connectivity index (χ0) is 27.9. The molecule has 9 nitrogen and oxygen atoms in total. The fourth-order valence-electron chi connectivity index (χ4n) is 4.25. The van der Waals surface area contributed by atoms with Crippen molar-refractivity contribution in [1.29, 1.82) is 5.41 Å². The van der Waals surface area contributed by atoms with Crippen molar-refractivity contribution in [3.63, 3.8) is 0 Å². The lowest BCUT2D eigenvalue weighted by Crippen LogP contribution is -2.38. The number of anilines is 1. The van der Waals surface area contributed by atoms with Crippen LogP contribution in [0.5, 0.6) is 5.75 Å². The minimum atomic E-state index is -0.727. The van der Waals surface area contributed by atoms with Gasteiger partial charge in [0.05, 0.1) is 12.1 Å². The summed E-state index contributed by atoms with van der Waals surface area (Å²) in [5.41, 5.74) is 8.94. The number of para-hydroxylation sites is 1. The molecule has 4 rings (SSSR count). The lowest BCUT2D eigenvalue weighted by Gasteiger charge is -2.21. The average Bonchev–Trinajstić information content (AvgIpc) is 3.27. The van der Waals surface area contributed by atoms with Crippen LogP contribution < -0.4 is 15.4 Å². The number of nitrogen functional groups attached to an aromatic ring is 1. The third-order valence-corrected chi connectivity index (χ3v) is 6.25. The van der Waals surface area contributed by atoms with Gasteiger partial charge in [0.1, 0.15) is 18.1 Å². The summed E-state index contributed by atoms with van der Waals surface area (Å²) in [6.45, 7) is 1.61. The summed E-state index contributed by atoms with van der Waals surface area (Å²) in [7, 11) is 1.82. The quantitative estimate of drug-likeness (QED) is 0.117. The monoisotopic (exact) mass is 562 g/mol. The Balaban J connectivity index is 0.00000441. The maximum Gasteiger partial charge on any atom is 0.420 e. The second-order valence-electron chi connectivity index (χ2n) is 8.96. The molecule has 0 bridgehead atoms. The first kappa shape index (κ1) is 29.9. The van der Waals surface area contributed by atoms with E-state index in [0.29, 0.717) is 29.7 Å². The first-order valence-corrected chi connectivity index (χ1v) is 12.5. The number of esters is 1. The number of nitrogens with one attached hydrogen (secondary N) is 1. The van der Waals surface area contributed by atoms with Crippen molar-refractivity contribution in [2.45, 2.75) is 19.8 Å². The summed E-state index contributed by atoms with van der Waals surface area (Å²) in [5.74, 6) is -0.270. The number of rotatable bonds is 10. The van der Waals surface area contributed by atoms with Gasteiger partial charge < -0.3 is 19.8 Å². The average molecular weight is 563 g/mol. The van der Waals surface area contributed by atoms with E-state index in [1.165, 1.54) is 4.90 Å². The van der Waals surface area contributed by atoms with Crippen molar-refractivity contribution in [2.75, 3.05) is 18.1 Å². The van der Waals surface area contributed by atoms with E-state index < -0.39 is 12.1 Å². The van der Waals surface area contributed by atoms with E-state index in [0.717, 1.165) is 16.5 Å². The number of nitrogens with zero attached hydrogens (tertiary/aromatic N) is 2. The Morgan fingerprint density at radius 3 is 2.35 bits per heavy atom. The fourth-order valence-corrected chi connectivity index (χ4v) is 4.25. The van der Waals surface area contributed by atoms with Gasteiger partial charge in [-0.1, -0.05) is 42.5 Å². The Hall–Kier alpha value is -4.63. The van der Waals surface area contributed by atoms with E-state index in [9.17, 15) is 14.4 Å². The highest BCUT2D eigenvalue weighted by atomic mass is 35.5. The topological polar surface area (TPSA) is 128 Å². The van der Waals surface area contributed by atoms with Gasteiger partial charge in [0.2, 0.25) is 0 Å². The highest BCUT2D eigenvalue weighted by Gasteiger charge is 2.23. The van der Waals surface area contributed by atoms with E-state index in [2.05, 4.69) is 0 Å². The van der Waals surface area contributed by atoms with Crippen molar-refractivity contribution in [1.82, 2.24) is 4.57 Å². The van der Waals surface area contributed by atoms with E-state index >= 15 is 0 Å². The molecule has 3 N–H and O–H groups in total. The molecule has 1 aromatic heterocycles. The summed E-state index contributed by atoms with van der Waals surface area (Å²) >= 11 is 0. The van der Waals surface area contributed by atoms with E-state index in [1.807, 2.05) is 29.8 Å². The molecule has 3 aromatic carbocycles. The van der Waals surface area contributed by atoms with Crippen molar-refractivity contribution < 1.29 is 23.9 Å². The molecule has 0 fully saturated rings. The van der Waals surface area contributed by atoms with Crippen LogP contribution in [0.2, 0.25) is 0 Å². The van der Waals surface area contributed by atoms with Gasteiger partial charge >= 0.3 is 12.1 Å². The van der Waals surface area contributed by atoms with Gasteiger partial charge in [-0.25, -0.2) is 4.79 Å². The van der Waals surface area contributed by atoms with Crippen LogP contribution in [0.3, 0.4) is 0 Å². The number of carbonyl (C=O) groups is 3. The van der Waals surface area contributed by atoms with Gasteiger partial charge in [0.25, 0.3) is 0 Å². The Labute approximate surface area is 238 Å². The number of carbonyl (C=O) groups excluding carboxylic acids is 3. The number of aryl methyl sites for hydroxylation is 2. The largest absolute Gasteiger partial charge is 0.465 e. The van der Waals surface area contributed by atoms with Crippen molar-refractivity contribution in [3.05, 3.63) is 95.7 Å². The van der Waals surface area contributed by atoms with Gasteiger partial charge in [-0.05, 0) is 43.2 Å². The molecule has 0 aliphatic heterocycles. The van der Waals surface area contributed by atoms with Crippen LogP contribution in [0.4, 0.5) is 10.5 Å². The van der Waals surface area contributed by atoms with E-state index in [1.54, 1.807) is 67.7 Å². The van der Waals surface area contributed by atoms with Crippen molar-refractivity contribution in [3.8, 4) is 5.75 Å². The molecule has 0 aliphatic carbocycles. The molecule has 0 saturated heterocycles. The van der Waals surface area contributed by atoms with Crippen LogP contribution >= 0.6 is 12.4 Å². The number of Topliss-reactive ketones (excluding diaryl/α,β-unsaturated/α-hetero) is 1. The normalized spacial score (nSPS) is 10.4. The minimum Gasteiger partial charge on any atom is -0.465 e. The van der Waals surface area contributed by atoms with Crippen LogP contribution in [-0.4, -0.2) is 41.4 Å². The maximum atomic E-state index is 13.1. The van der Waals surface area contributed by atoms with Crippen LogP contribution in [0.15, 0.2) is 79.0 Å². The second-order valence-corrected chi connectivity index (χ2v) is 8.96. The van der Waals surface area contributed by atoms with Gasteiger partial charge in [-0.2, -0.15) is 0 Å². The highest BCUT2D eigenvalue weighted by molar-refractivity contribution is 6.08. The summed E-state index contributed by atoms with van der Waals surface area (Å²) in [6, 6.07) is 21.1. The number of amidine groups is 1. The van der Waals surface area contributed by atoms with Gasteiger partial charge in [-0.3, -0.25) is 19.9 Å². The molecular formula is C30H31ClN4O5. The number of amides is 1. The maximum absolute atomic E-state index is 13.1. The molecule has 0 saturated carbocycles. The molecule has 0 aliphatic rings. The van der Waals surface area contributed by atoms with Crippen LogP contribution in [0.1, 0.15) is 34.8 Å². The third-order valence-electron chi connectivity index (χ3n) is 6.25. The first-order valence-electron chi connectivity index (χ1n) is 12.5. The summed E-state index contributed by atoms with van der Waals surface area (Å²) in [6.07, 6.45) is 1.91. The fraction of sp³-hybridized carbons (Fsp3) is 0.200. The van der Waals surface area contributed by atoms with Crippen LogP contribution in [-0.2, 0) is 23.0 Å². The number of aromatic nitrogens is 1. The minimum absolute atomic E-state index is 0. The number of hydrogen-bond acceptors (Lipinski definition) is 6. The van der Waals surface area contributed by atoms with Crippen molar-refractivity contribution >= 4 is 52.7 Å². The number of ether oxygens (including phenoxy) is 2.